The van der Waals surface area contributed by atoms with Crippen LogP contribution in [0.4, 0.5) is 17.1 Å². The Bertz CT molecular complexity index is 3890. The smallest absolute Gasteiger partial charge is 0.384 e. The number of phenolic OH excluding ortho intramolecular Hbond substituents is 2. The fraction of sp³-hybridized carbons (Fsp3) is 0.362. The van der Waals surface area contributed by atoms with Gasteiger partial charge < -0.3 is 49.6 Å². The molecule has 1 aromatic heterocycles. The maximum Gasteiger partial charge on any atom is 0.384 e. The molecule has 1 heterocycles. The number of aryl methyl sites for hydroxylation is 2. The largest absolute Gasteiger partial charge is 0.507 e. The third-order valence-corrected chi connectivity index (χ3v) is 16.5. The average Bonchev–Trinajstić information content (AvgIpc) is 0.798. The average molecular weight is 1340 g/mol. The van der Waals surface area contributed by atoms with E-state index in [1.54, 1.807) is 37.1 Å². The Morgan fingerprint density at radius 1 is 0.763 bits per heavy atom. The predicted molar refractivity (Wildman–Crippen MR) is 393 cm³/mol. The Labute approximate surface area is 582 Å². The Kier molecular flexibility index (Phi) is 33.3. The molecular formula is C80H96BClN4O11. The van der Waals surface area contributed by atoms with Crippen molar-refractivity contribution in [2.75, 3.05) is 23.8 Å². The van der Waals surface area contributed by atoms with Crippen LogP contribution in [0.25, 0.3) is 10.9 Å². The molecule has 4 atom stereocenters. The summed E-state index contributed by atoms with van der Waals surface area (Å²) in [6.07, 6.45) is 27.3. The van der Waals surface area contributed by atoms with E-state index in [1.165, 1.54) is 35.9 Å². The van der Waals surface area contributed by atoms with Gasteiger partial charge in [0.05, 0.1) is 67.1 Å². The Morgan fingerprint density at radius 2 is 1.32 bits per heavy atom. The van der Waals surface area contributed by atoms with Crippen molar-refractivity contribution in [1.29, 1.82) is 5.26 Å². The van der Waals surface area contributed by atoms with Gasteiger partial charge in [0, 0.05) is 59.7 Å². The fourth-order valence-electron chi connectivity index (χ4n) is 11.5. The van der Waals surface area contributed by atoms with E-state index in [0.29, 0.717) is 92.5 Å². The van der Waals surface area contributed by atoms with Crippen molar-refractivity contribution in [3.8, 4) is 52.9 Å². The Morgan fingerprint density at radius 3 is 1.79 bits per heavy atom. The number of pyridine rings is 1. The van der Waals surface area contributed by atoms with Crippen molar-refractivity contribution in [3.63, 3.8) is 0 Å². The molecule has 1 amide bonds. The van der Waals surface area contributed by atoms with E-state index >= 15 is 0 Å². The van der Waals surface area contributed by atoms with Crippen molar-refractivity contribution in [2.45, 2.75) is 165 Å². The number of anilines is 3. The zero-order chi connectivity index (χ0) is 71.0. The number of rotatable bonds is 27. The number of nitrogens with zero attached hydrogens (tertiary/aromatic N) is 2. The normalized spacial score (nSPS) is 15.4. The van der Waals surface area contributed by atoms with Gasteiger partial charge in [-0.1, -0.05) is 143 Å². The maximum absolute atomic E-state index is 13.6. The van der Waals surface area contributed by atoms with Gasteiger partial charge in [0.1, 0.15) is 47.2 Å². The number of aliphatic carboxylic acids is 1. The number of aromatic hydroxyl groups is 2. The summed E-state index contributed by atoms with van der Waals surface area (Å²) in [6.45, 7) is 25.6. The number of aromatic nitrogens is 1. The minimum atomic E-state index is -1.07. The third-order valence-electron chi connectivity index (χ3n) is 16.2. The molecule has 2 aliphatic carbocycles. The number of hydrogen-bond acceptors (Lipinski definition) is 13. The minimum Gasteiger partial charge on any atom is -0.507 e. The van der Waals surface area contributed by atoms with E-state index in [-0.39, 0.29) is 49.4 Å². The quantitative estimate of drug-likeness (QED) is 0.00474. The number of unbranched alkanes of at least 4 members (excludes halogenated alkanes) is 4. The zero-order valence-electron chi connectivity index (χ0n) is 57.7. The lowest BCUT2D eigenvalue weighted by atomic mass is 9.73. The predicted octanol–water partition coefficient (Wildman–Crippen LogP) is 19.6. The summed E-state index contributed by atoms with van der Waals surface area (Å²) in [5.41, 5.74) is 11.4. The number of amides is 1. The van der Waals surface area contributed by atoms with Gasteiger partial charge in [-0.3, -0.25) is 9.78 Å². The minimum absolute atomic E-state index is 0. The molecule has 17 heteroatoms. The molecule has 8 rings (SSSR count). The van der Waals surface area contributed by atoms with Crippen molar-refractivity contribution in [2.24, 2.45) is 11.8 Å². The van der Waals surface area contributed by atoms with Gasteiger partial charge in [-0.15, -0.1) is 6.42 Å². The second kappa shape index (κ2) is 41.4. The van der Waals surface area contributed by atoms with Crippen LogP contribution in [0.15, 0.2) is 163 Å². The van der Waals surface area contributed by atoms with Crippen molar-refractivity contribution in [1.82, 2.24) is 4.98 Å². The van der Waals surface area contributed by atoms with E-state index < -0.39 is 17.8 Å². The lowest BCUT2D eigenvalue weighted by molar-refractivity contribution is -0.136. The molecule has 0 bridgehead atoms. The van der Waals surface area contributed by atoms with Crippen LogP contribution in [0.3, 0.4) is 0 Å². The number of carboxylic acid groups (broad SMARTS) is 1. The SMILES string of the molecule is C.C#CC(=O)OCC.C=C(C)[C@@H]1CCC(C)=C[C@H]1c1c(O)cc(CCCCC)cc1O/C=C/C(=O)Nc1cc2c(Nc3ccc(OCc4ccccc4)c(Cl)c3)c(C#N)cnc2cc1OCC.C=C(C)[C@@H]1CCC(C)=C[C@H]1c1c(O)cc(CCCCC)cc1O/C=C/C(=O)O.[2H]C[B]. The van der Waals surface area contributed by atoms with E-state index in [1.807, 2.05) is 81.4 Å². The number of halogens is 1. The summed E-state index contributed by atoms with van der Waals surface area (Å²) in [7, 11) is 4.51. The summed E-state index contributed by atoms with van der Waals surface area (Å²) in [5.74, 6) is 2.20. The van der Waals surface area contributed by atoms with Crippen LogP contribution in [0.5, 0.6) is 34.5 Å². The zero-order valence-corrected chi connectivity index (χ0v) is 57.5. The van der Waals surface area contributed by atoms with Gasteiger partial charge >= 0.3 is 11.9 Å². The molecule has 0 fully saturated rings. The van der Waals surface area contributed by atoms with Gasteiger partial charge in [0.2, 0.25) is 0 Å². The standard InChI is InChI=1S/C49H51ClN4O5.C24H32O4.C5H6O2.CH3B.CH4/c1-6-8-10-15-34-23-43(55)48(38-22-32(5)16-18-37(38)31(3)4)46(24-34)58-21-20-47(56)54-42-26-39-41(27-45(42)57-7-2)52-29-35(28-51)49(39)53-36-17-19-44(40(50)25-36)59-30-33-13-11-9-12-14-33;1-5-6-7-8-18-14-21(25)24(22(15-18)28-12-11-23(26)27)20-13-17(4)9-10-19(20)16(2)3;1-3-5(6)7-4-2;1-2;/h9,11-14,17,19-27,29,37-38,55H,3,6-8,10,15-16,18,30H2,1-2,4-5H3,(H,52,53)(H,54,56);11-15,19-20,25H,2,5-10H2,1,3-4H3,(H,26,27);1H,4H2,2H3;1H3;1H4/b21-20+;12-11+;;;/t37-,38+;19-,20+;;;/m00.../s1/i;;;1D;. The highest BCUT2D eigenvalue weighted by Gasteiger charge is 2.32. The number of carboxylic acids is 1. The fourth-order valence-corrected chi connectivity index (χ4v) is 11.8. The molecule has 0 aliphatic heterocycles. The summed E-state index contributed by atoms with van der Waals surface area (Å²) in [5, 5.41) is 48.6. The highest BCUT2D eigenvalue weighted by molar-refractivity contribution is 6.32. The lowest BCUT2D eigenvalue weighted by Gasteiger charge is -2.32. The van der Waals surface area contributed by atoms with Crippen molar-refractivity contribution >= 4 is 65.3 Å². The third kappa shape index (κ3) is 24.2. The second-order valence-corrected chi connectivity index (χ2v) is 24.0. The van der Waals surface area contributed by atoms with Crippen LogP contribution in [0, 0.1) is 35.5 Å². The topological polar surface area (TPSA) is 219 Å². The summed E-state index contributed by atoms with van der Waals surface area (Å²) < 4.78 is 34.2. The first-order valence-corrected chi connectivity index (χ1v) is 32.9. The molecule has 6 aromatic rings. The number of hydrogen-bond donors (Lipinski definition) is 5. The summed E-state index contributed by atoms with van der Waals surface area (Å²) >= 11 is 6.64. The highest BCUT2D eigenvalue weighted by atomic mass is 35.5. The number of phenols is 2. The van der Waals surface area contributed by atoms with Crippen LogP contribution < -0.4 is 29.6 Å². The second-order valence-electron chi connectivity index (χ2n) is 23.6. The molecular weight excluding hydrogens is 1240 g/mol. The monoisotopic (exact) mass is 1340 g/mol. The highest BCUT2D eigenvalue weighted by Crippen LogP contribution is 2.49. The van der Waals surface area contributed by atoms with Crippen LogP contribution in [0.2, 0.25) is 11.8 Å². The molecule has 512 valence electrons. The summed E-state index contributed by atoms with van der Waals surface area (Å²) in [6, 6.07) is 28.4. The molecule has 0 spiro atoms. The van der Waals surface area contributed by atoms with Gasteiger partial charge in [0.15, 0.2) is 0 Å². The molecule has 2 radical (unpaired) electrons. The van der Waals surface area contributed by atoms with Gasteiger partial charge in [-0.2, -0.15) is 5.26 Å². The molecule has 0 saturated carbocycles. The lowest BCUT2D eigenvalue weighted by Crippen LogP contribution is -2.18. The Hall–Kier alpha value is -9.64. The van der Waals surface area contributed by atoms with Gasteiger partial charge in [0.25, 0.3) is 5.91 Å². The number of esters is 1. The molecule has 97 heavy (non-hydrogen) atoms. The Balaban J connectivity index is 0.000000433. The molecule has 5 N–H and O–H groups in total. The first kappa shape index (κ1) is 78.1. The number of nitrogens with one attached hydrogen (secondary N) is 2. The number of nitriles is 1. The van der Waals surface area contributed by atoms with Gasteiger partial charge in [-0.25, -0.2) is 9.59 Å². The maximum atomic E-state index is 13.6. The molecule has 5 aromatic carbocycles. The van der Waals surface area contributed by atoms with E-state index in [4.69, 9.17) is 37.0 Å². The van der Waals surface area contributed by atoms with Gasteiger partial charge in [-0.05, 0) is 170 Å². The first-order valence-electron chi connectivity index (χ1n) is 33.3. The number of terminal acetylenes is 1. The van der Waals surface area contributed by atoms with E-state index in [0.717, 1.165) is 111 Å². The molecule has 2 aliphatic rings. The van der Waals surface area contributed by atoms with Crippen LogP contribution in [-0.2, 0) is 38.6 Å². The van der Waals surface area contributed by atoms with Crippen LogP contribution >= 0.6 is 11.6 Å². The van der Waals surface area contributed by atoms with Crippen LogP contribution in [0.1, 0.15) is 174 Å². The number of allylic oxidation sites excluding steroid dienone is 6. The number of carbonyl (C=O) groups is 3. The number of fused-ring (bicyclic) bond motifs is 1. The van der Waals surface area contributed by atoms with Crippen LogP contribution in [-0.4, -0.2) is 59.2 Å². The first-order chi connectivity index (χ1) is 46.6. The van der Waals surface area contributed by atoms with E-state index in [2.05, 4.69) is 93.7 Å². The number of benzene rings is 5. The summed E-state index contributed by atoms with van der Waals surface area (Å²) in [4.78, 5) is 38.9. The van der Waals surface area contributed by atoms with Crippen molar-refractivity contribution in [3.05, 3.63) is 202 Å². The molecule has 15 nitrogen and oxygen atoms in total. The molecule has 0 saturated heterocycles. The number of carbonyl (C=O) groups excluding carboxylic acids is 2. The molecule has 0 unspecified atom stereocenters. The number of ether oxygens (including phenoxy) is 5. The van der Waals surface area contributed by atoms with E-state index in [9.17, 15) is 29.9 Å². The van der Waals surface area contributed by atoms with Crippen molar-refractivity contribution < 1.29 is 54.8 Å².